The number of rotatable bonds is 5. The molecule has 3 heteroatoms. The average Bonchev–Trinajstić information content (AvgIpc) is 2.94. The summed E-state index contributed by atoms with van der Waals surface area (Å²) >= 11 is 1.87. The van der Waals surface area contributed by atoms with Crippen LogP contribution in [-0.2, 0) is 13.0 Å². The molecule has 0 aliphatic carbocycles. The summed E-state index contributed by atoms with van der Waals surface area (Å²) in [4.78, 5) is 2.79. The Morgan fingerprint density at radius 3 is 2.84 bits per heavy atom. The number of aryl methyl sites for hydroxylation is 1. The molecular weight excluding hydrogens is 252 g/mol. The van der Waals surface area contributed by atoms with Gasteiger partial charge in [0.1, 0.15) is 0 Å². The molecule has 0 aliphatic heterocycles. The van der Waals surface area contributed by atoms with Gasteiger partial charge in [-0.1, -0.05) is 19.1 Å². The second-order valence-corrected chi connectivity index (χ2v) is 5.77. The fourth-order valence-electron chi connectivity index (χ4n) is 1.94. The number of nitrogens with zero attached hydrogens (tertiary/aromatic N) is 1. The third kappa shape index (κ3) is 3.66. The highest BCUT2D eigenvalue weighted by molar-refractivity contribution is 7.12. The predicted octanol–water partition coefficient (Wildman–Crippen LogP) is 4.03. The van der Waals surface area contributed by atoms with Crippen molar-refractivity contribution in [2.45, 2.75) is 32.9 Å². The highest BCUT2D eigenvalue weighted by atomic mass is 32.1. The summed E-state index contributed by atoms with van der Waals surface area (Å²) in [6.07, 6.45) is 1.10. The molecule has 1 atom stereocenters. The van der Waals surface area contributed by atoms with Crippen molar-refractivity contribution >= 4 is 11.3 Å². The zero-order valence-corrected chi connectivity index (χ0v) is 12.1. The number of nitrogens with one attached hydrogen (secondary N) is 1. The van der Waals surface area contributed by atoms with E-state index in [4.69, 9.17) is 5.26 Å². The third-order valence-electron chi connectivity index (χ3n) is 3.13. The number of hydrogen-bond acceptors (Lipinski definition) is 3. The van der Waals surface area contributed by atoms with Gasteiger partial charge < -0.3 is 5.32 Å². The maximum Gasteiger partial charge on any atom is 0.0991 e. The normalized spacial score (nSPS) is 12.1. The summed E-state index contributed by atoms with van der Waals surface area (Å²) in [5.74, 6) is 0. The maximum absolute atomic E-state index is 8.88. The van der Waals surface area contributed by atoms with Crippen LogP contribution in [0.4, 0.5) is 0 Å². The minimum atomic E-state index is 0.344. The summed E-state index contributed by atoms with van der Waals surface area (Å²) in [5.41, 5.74) is 1.87. The lowest BCUT2D eigenvalue weighted by molar-refractivity contribution is 0.583. The van der Waals surface area contributed by atoms with E-state index in [2.05, 4.69) is 37.4 Å². The lowest BCUT2D eigenvalue weighted by Gasteiger charge is -2.12. The van der Waals surface area contributed by atoms with E-state index in [1.54, 1.807) is 0 Å². The minimum absolute atomic E-state index is 0.344. The van der Waals surface area contributed by atoms with Gasteiger partial charge in [-0.2, -0.15) is 5.26 Å². The van der Waals surface area contributed by atoms with Gasteiger partial charge in [0.25, 0.3) is 0 Å². The molecule has 0 saturated heterocycles. The van der Waals surface area contributed by atoms with E-state index in [9.17, 15) is 0 Å². The van der Waals surface area contributed by atoms with Crippen molar-refractivity contribution in [1.29, 1.82) is 5.26 Å². The summed E-state index contributed by atoms with van der Waals surface area (Å²) in [7, 11) is 0. The van der Waals surface area contributed by atoms with Gasteiger partial charge in [-0.3, -0.25) is 0 Å². The van der Waals surface area contributed by atoms with Crippen LogP contribution >= 0.6 is 11.3 Å². The molecule has 0 spiro atoms. The van der Waals surface area contributed by atoms with Crippen LogP contribution in [-0.4, -0.2) is 0 Å². The molecule has 2 rings (SSSR count). The molecule has 98 valence electrons. The van der Waals surface area contributed by atoms with Crippen LogP contribution in [0.1, 0.15) is 40.8 Å². The molecule has 0 saturated carbocycles. The van der Waals surface area contributed by atoms with Crippen molar-refractivity contribution in [3.8, 4) is 6.07 Å². The Morgan fingerprint density at radius 1 is 1.32 bits per heavy atom. The van der Waals surface area contributed by atoms with Crippen molar-refractivity contribution in [1.82, 2.24) is 5.32 Å². The predicted molar refractivity (Wildman–Crippen MR) is 80.1 cm³/mol. The standard InChI is InChI=1S/C16H18N2S/c1-3-15-7-8-16(19-15)12(2)18-11-14-6-4-5-13(9-14)10-17/h4-9,12,18H,3,11H2,1-2H3. The van der Waals surface area contributed by atoms with E-state index in [0.29, 0.717) is 6.04 Å². The van der Waals surface area contributed by atoms with Gasteiger partial charge in [-0.15, -0.1) is 11.3 Å². The van der Waals surface area contributed by atoms with Gasteiger partial charge in [-0.25, -0.2) is 0 Å². The molecule has 1 unspecified atom stereocenters. The highest BCUT2D eigenvalue weighted by Crippen LogP contribution is 2.23. The lowest BCUT2D eigenvalue weighted by atomic mass is 10.1. The van der Waals surface area contributed by atoms with Gasteiger partial charge in [-0.05, 0) is 43.2 Å². The Balaban J connectivity index is 1.96. The largest absolute Gasteiger partial charge is 0.305 e. The second-order valence-electron chi connectivity index (χ2n) is 4.57. The van der Waals surface area contributed by atoms with Crippen LogP contribution in [0.15, 0.2) is 36.4 Å². The quantitative estimate of drug-likeness (QED) is 0.890. The molecule has 0 aliphatic rings. The molecule has 2 nitrogen and oxygen atoms in total. The minimum Gasteiger partial charge on any atom is -0.305 e. The molecule has 0 amide bonds. The summed E-state index contributed by atoms with van der Waals surface area (Å²) in [6, 6.07) is 14.7. The molecule has 0 fully saturated rings. The third-order valence-corrected chi connectivity index (χ3v) is 4.54. The molecule has 2 aromatic rings. The molecule has 1 heterocycles. The molecule has 1 aromatic heterocycles. The van der Waals surface area contributed by atoms with Crippen molar-refractivity contribution < 1.29 is 0 Å². The van der Waals surface area contributed by atoms with Crippen LogP contribution in [0.25, 0.3) is 0 Å². The smallest absolute Gasteiger partial charge is 0.0991 e. The van der Waals surface area contributed by atoms with Gasteiger partial charge in [0.2, 0.25) is 0 Å². The highest BCUT2D eigenvalue weighted by Gasteiger charge is 2.07. The van der Waals surface area contributed by atoms with Crippen LogP contribution in [0.3, 0.4) is 0 Å². The molecular formula is C16H18N2S. The van der Waals surface area contributed by atoms with Crippen molar-refractivity contribution in [3.05, 3.63) is 57.3 Å². The monoisotopic (exact) mass is 270 g/mol. The van der Waals surface area contributed by atoms with Gasteiger partial charge in [0.15, 0.2) is 0 Å². The summed E-state index contributed by atoms with van der Waals surface area (Å²) in [6.45, 7) is 5.15. The lowest BCUT2D eigenvalue weighted by Crippen LogP contribution is -2.17. The van der Waals surface area contributed by atoms with E-state index < -0.39 is 0 Å². The van der Waals surface area contributed by atoms with Crippen LogP contribution < -0.4 is 5.32 Å². The molecule has 1 N–H and O–H groups in total. The SMILES string of the molecule is CCc1ccc(C(C)NCc2cccc(C#N)c2)s1. The van der Waals surface area contributed by atoms with Crippen molar-refractivity contribution in [3.63, 3.8) is 0 Å². The zero-order chi connectivity index (χ0) is 13.7. The topological polar surface area (TPSA) is 35.8 Å². The Bertz CT molecular complexity index is 580. The van der Waals surface area contributed by atoms with Gasteiger partial charge >= 0.3 is 0 Å². The first kappa shape index (κ1) is 13.8. The van der Waals surface area contributed by atoms with Crippen LogP contribution in [0, 0.1) is 11.3 Å². The summed E-state index contributed by atoms with van der Waals surface area (Å²) in [5, 5.41) is 12.4. The number of nitriles is 1. The van der Waals surface area contributed by atoms with E-state index in [1.807, 2.05) is 35.6 Å². The van der Waals surface area contributed by atoms with Gasteiger partial charge in [0, 0.05) is 22.3 Å². The first-order valence-corrected chi connectivity index (χ1v) is 7.35. The molecule has 19 heavy (non-hydrogen) atoms. The van der Waals surface area contributed by atoms with Crippen LogP contribution in [0.5, 0.6) is 0 Å². The van der Waals surface area contributed by atoms with E-state index in [1.165, 1.54) is 9.75 Å². The fraction of sp³-hybridized carbons (Fsp3) is 0.312. The fourth-order valence-corrected chi connectivity index (χ4v) is 2.92. The maximum atomic E-state index is 8.88. The van der Waals surface area contributed by atoms with Crippen molar-refractivity contribution in [2.75, 3.05) is 0 Å². The first-order valence-electron chi connectivity index (χ1n) is 6.54. The van der Waals surface area contributed by atoms with Crippen molar-refractivity contribution in [2.24, 2.45) is 0 Å². The Morgan fingerprint density at radius 2 is 2.16 bits per heavy atom. The van der Waals surface area contributed by atoms with Gasteiger partial charge in [0.05, 0.1) is 11.6 Å². The number of benzene rings is 1. The number of thiophene rings is 1. The Labute approximate surface area is 118 Å². The zero-order valence-electron chi connectivity index (χ0n) is 11.3. The molecule has 1 aromatic carbocycles. The first-order chi connectivity index (χ1) is 9.22. The molecule has 0 bridgehead atoms. The summed E-state index contributed by atoms with van der Waals surface area (Å²) < 4.78 is 0. The average molecular weight is 270 g/mol. The molecule has 0 radical (unpaired) electrons. The van der Waals surface area contributed by atoms with E-state index >= 15 is 0 Å². The Kier molecular flexibility index (Phi) is 4.73. The van der Waals surface area contributed by atoms with E-state index in [-0.39, 0.29) is 0 Å². The van der Waals surface area contributed by atoms with E-state index in [0.717, 1.165) is 24.1 Å². The second kappa shape index (κ2) is 6.51. The Hall–Kier alpha value is -1.63. The number of hydrogen-bond donors (Lipinski definition) is 1. The van der Waals surface area contributed by atoms with Crippen LogP contribution in [0.2, 0.25) is 0 Å².